The van der Waals surface area contributed by atoms with Crippen molar-refractivity contribution in [2.45, 2.75) is 24.3 Å². The molecule has 0 aromatic heterocycles. The Morgan fingerprint density at radius 1 is 1.05 bits per heavy atom. The van der Waals surface area contributed by atoms with Crippen LogP contribution in [0, 0.1) is 12.7 Å². The first kappa shape index (κ1) is 16.0. The molecule has 0 radical (unpaired) electrons. The van der Waals surface area contributed by atoms with E-state index in [1.165, 1.54) is 12.1 Å². The van der Waals surface area contributed by atoms with E-state index in [-0.39, 0.29) is 5.56 Å². The molecule has 0 aliphatic heterocycles. The van der Waals surface area contributed by atoms with Gasteiger partial charge in [-0.15, -0.1) is 0 Å². The van der Waals surface area contributed by atoms with Crippen molar-refractivity contribution in [3.05, 3.63) is 70.5 Å². The van der Waals surface area contributed by atoms with Crippen LogP contribution >= 0.6 is 15.9 Å². The van der Waals surface area contributed by atoms with Crippen LogP contribution in [0.15, 0.2) is 42.5 Å². The molecular formula is C16H13BrF4. The Morgan fingerprint density at radius 2 is 1.67 bits per heavy atom. The molecule has 2 aromatic carbocycles. The summed E-state index contributed by atoms with van der Waals surface area (Å²) in [6.07, 6.45) is -4.27. The molecule has 0 aliphatic carbocycles. The lowest BCUT2D eigenvalue weighted by Gasteiger charge is -2.15. The quantitative estimate of drug-likeness (QED) is 0.477. The van der Waals surface area contributed by atoms with Crippen molar-refractivity contribution in [1.82, 2.24) is 0 Å². The van der Waals surface area contributed by atoms with E-state index in [2.05, 4.69) is 15.9 Å². The third-order valence-corrected chi connectivity index (χ3v) is 4.02. The van der Waals surface area contributed by atoms with E-state index in [4.69, 9.17) is 0 Å². The second kappa shape index (κ2) is 6.18. The van der Waals surface area contributed by atoms with E-state index < -0.39 is 22.4 Å². The van der Waals surface area contributed by atoms with Crippen LogP contribution < -0.4 is 0 Å². The molecule has 0 N–H and O–H groups in total. The summed E-state index contributed by atoms with van der Waals surface area (Å²) in [5.74, 6) is -1.21. The minimum absolute atomic E-state index is 0.0189. The first-order chi connectivity index (χ1) is 9.79. The molecule has 5 heteroatoms. The Kier molecular flexibility index (Phi) is 4.71. The average Bonchev–Trinajstić information content (AvgIpc) is 2.40. The van der Waals surface area contributed by atoms with Gasteiger partial charge in [0, 0.05) is 10.4 Å². The molecule has 21 heavy (non-hydrogen) atoms. The highest BCUT2D eigenvalue weighted by molar-refractivity contribution is 9.09. The summed E-state index contributed by atoms with van der Waals surface area (Å²) < 4.78 is 52.2. The van der Waals surface area contributed by atoms with E-state index in [9.17, 15) is 17.6 Å². The van der Waals surface area contributed by atoms with E-state index >= 15 is 0 Å². The number of halogens is 5. The van der Waals surface area contributed by atoms with Crippen molar-refractivity contribution in [1.29, 1.82) is 0 Å². The van der Waals surface area contributed by atoms with Gasteiger partial charge in [0.1, 0.15) is 5.82 Å². The van der Waals surface area contributed by atoms with Crippen LogP contribution in [-0.4, -0.2) is 0 Å². The fourth-order valence-electron chi connectivity index (χ4n) is 2.05. The van der Waals surface area contributed by atoms with Gasteiger partial charge >= 0.3 is 6.18 Å². The normalized spacial score (nSPS) is 13.2. The number of rotatable bonds is 3. The summed E-state index contributed by atoms with van der Waals surface area (Å²) in [6.45, 7) is 1.95. The van der Waals surface area contributed by atoms with Crippen LogP contribution in [0.2, 0.25) is 0 Å². The minimum Gasteiger partial charge on any atom is -0.206 e. The molecule has 0 nitrogen and oxygen atoms in total. The number of alkyl halides is 4. The van der Waals surface area contributed by atoms with Crippen LogP contribution in [0.5, 0.6) is 0 Å². The predicted molar refractivity (Wildman–Crippen MR) is 78.0 cm³/mol. The number of hydrogen-bond acceptors (Lipinski definition) is 0. The fraction of sp³-hybridized carbons (Fsp3) is 0.250. The van der Waals surface area contributed by atoms with Gasteiger partial charge in [0.2, 0.25) is 0 Å². The summed E-state index contributed by atoms with van der Waals surface area (Å²) in [5.41, 5.74) is 0.813. The van der Waals surface area contributed by atoms with Crippen LogP contribution in [-0.2, 0) is 12.6 Å². The SMILES string of the molecule is Cc1ccc(CC(Br)c2cccc(C(F)(F)F)c2F)cc1. The largest absolute Gasteiger partial charge is 0.419 e. The highest BCUT2D eigenvalue weighted by Crippen LogP contribution is 2.36. The second-order valence-electron chi connectivity index (χ2n) is 4.86. The topological polar surface area (TPSA) is 0 Å². The molecule has 2 rings (SSSR count). The van der Waals surface area contributed by atoms with E-state index in [1.807, 2.05) is 31.2 Å². The predicted octanol–water partition coefficient (Wildman–Crippen LogP) is 5.83. The molecule has 1 unspecified atom stereocenters. The van der Waals surface area contributed by atoms with Crippen molar-refractivity contribution in [2.24, 2.45) is 0 Å². The lowest BCUT2D eigenvalue weighted by atomic mass is 10.0. The van der Waals surface area contributed by atoms with Gasteiger partial charge in [-0.2, -0.15) is 13.2 Å². The van der Waals surface area contributed by atoms with Crippen LogP contribution in [0.4, 0.5) is 17.6 Å². The van der Waals surface area contributed by atoms with E-state index in [0.717, 1.165) is 17.2 Å². The number of hydrogen-bond donors (Lipinski definition) is 0. The molecule has 2 aromatic rings. The second-order valence-corrected chi connectivity index (χ2v) is 5.97. The summed E-state index contributed by atoms with van der Waals surface area (Å²) in [5, 5.41) is 0. The van der Waals surface area contributed by atoms with Gasteiger partial charge in [-0.1, -0.05) is 57.9 Å². The molecule has 1 atom stereocenters. The maximum absolute atomic E-state index is 14.0. The minimum atomic E-state index is -4.68. The van der Waals surface area contributed by atoms with Crippen molar-refractivity contribution < 1.29 is 17.6 Å². The summed E-state index contributed by atoms with van der Waals surface area (Å²) in [6, 6.07) is 11.0. The highest BCUT2D eigenvalue weighted by Gasteiger charge is 2.35. The zero-order valence-electron chi connectivity index (χ0n) is 11.2. The lowest BCUT2D eigenvalue weighted by molar-refractivity contribution is -0.140. The Labute approximate surface area is 128 Å². The van der Waals surface area contributed by atoms with Crippen LogP contribution in [0.1, 0.15) is 27.1 Å². The Hall–Kier alpha value is -1.36. The van der Waals surface area contributed by atoms with Crippen LogP contribution in [0.25, 0.3) is 0 Å². The first-order valence-electron chi connectivity index (χ1n) is 6.34. The molecule has 0 heterocycles. The van der Waals surface area contributed by atoms with Crippen LogP contribution in [0.3, 0.4) is 0 Å². The number of benzene rings is 2. The smallest absolute Gasteiger partial charge is 0.206 e. The lowest BCUT2D eigenvalue weighted by Crippen LogP contribution is -2.11. The Balaban J connectivity index is 2.27. The van der Waals surface area contributed by atoms with Gasteiger partial charge in [0.25, 0.3) is 0 Å². The van der Waals surface area contributed by atoms with Crippen molar-refractivity contribution in [3.8, 4) is 0 Å². The van der Waals surface area contributed by atoms with Gasteiger partial charge in [0.15, 0.2) is 0 Å². The summed E-state index contributed by atoms with van der Waals surface area (Å²) in [4.78, 5) is -0.512. The average molecular weight is 361 g/mol. The van der Waals surface area contributed by atoms with E-state index in [1.54, 1.807) is 0 Å². The van der Waals surface area contributed by atoms with Gasteiger partial charge in [-0.05, 0) is 25.0 Å². The van der Waals surface area contributed by atoms with Crippen molar-refractivity contribution in [3.63, 3.8) is 0 Å². The molecule has 0 spiro atoms. The van der Waals surface area contributed by atoms with Gasteiger partial charge in [-0.3, -0.25) is 0 Å². The molecule has 0 saturated carbocycles. The Morgan fingerprint density at radius 3 is 2.24 bits per heavy atom. The summed E-state index contributed by atoms with van der Waals surface area (Å²) >= 11 is 3.29. The highest BCUT2D eigenvalue weighted by atomic mass is 79.9. The summed E-state index contributed by atoms with van der Waals surface area (Å²) in [7, 11) is 0. The monoisotopic (exact) mass is 360 g/mol. The van der Waals surface area contributed by atoms with Gasteiger partial charge < -0.3 is 0 Å². The molecule has 0 fully saturated rings. The molecule has 0 saturated heterocycles. The van der Waals surface area contributed by atoms with Crippen molar-refractivity contribution in [2.75, 3.05) is 0 Å². The number of aryl methyl sites for hydroxylation is 1. The first-order valence-corrected chi connectivity index (χ1v) is 7.26. The van der Waals surface area contributed by atoms with Gasteiger partial charge in [0.05, 0.1) is 5.56 Å². The third-order valence-electron chi connectivity index (χ3n) is 3.21. The van der Waals surface area contributed by atoms with E-state index in [0.29, 0.717) is 6.42 Å². The fourth-order valence-corrected chi connectivity index (χ4v) is 2.78. The van der Waals surface area contributed by atoms with Crippen molar-refractivity contribution >= 4 is 15.9 Å². The molecular weight excluding hydrogens is 348 g/mol. The molecule has 112 valence electrons. The molecule has 0 amide bonds. The molecule has 0 aliphatic rings. The molecule has 0 bridgehead atoms. The standard InChI is InChI=1S/C16H13BrF4/c1-10-5-7-11(8-6-10)9-14(17)12-3-2-4-13(15(12)18)16(19,20)21/h2-8,14H,9H2,1H3. The third kappa shape index (κ3) is 3.84. The zero-order valence-corrected chi connectivity index (χ0v) is 12.8. The maximum atomic E-state index is 14.0. The maximum Gasteiger partial charge on any atom is 0.419 e. The van der Waals surface area contributed by atoms with Gasteiger partial charge in [-0.25, -0.2) is 4.39 Å². The zero-order chi connectivity index (χ0) is 15.6. The Bertz CT molecular complexity index is 617.